The summed E-state index contributed by atoms with van der Waals surface area (Å²) in [5, 5.41) is 2.94. The lowest BCUT2D eigenvalue weighted by atomic mass is 10.1. The highest BCUT2D eigenvalue weighted by atomic mass is 32.1. The molecule has 0 fully saturated rings. The summed E-state index contributed by atoms with van der Waals surface area (Å²) in [4.78, 5) is 11.7. The zero-order valence-electron chi connectivity index (χ0n) is 9.37. The Kier molecular flexibility index (Phi) is 4.21. The summed E-state index contributed by atoms with van der Waals surface area (Å²) in [7, 11) is 0. The lowest BCUT2D eigenvalue weighted by Crippen LogP contribution is -2.22. The first kappa shape index (κ1) is 12.1. The number of amides is 1. The summed E-state index contributed by atoms with van der Waals surface area (Å²) >= 11 is 4.11. The minimum atomic E-state index is -0.0626. The lowest BCUT2D eigenvalue weighted by molar-refractivity contribution is -0.118. The first-order chi connectivity index (χ1) is 7.06. The second-order valence-electron chi connectivity index (χ2n) is 3.84. The lowest BCUT2D eigenvalue weighted by Gasteiger charge is -2.14. The Morgan fingerprint density at radius 2 is 1.93 bits per heavy atom. The molecule has 1 unspecified atom stereocenters. The van der Waals surface area contributed by atoms with Gasteiger partial charge in [0.1, 0.15) is 0 Å². The van der Waals surface area contributed by atoms with E-state index in [0.717, 1.165) is 16.8 Å². The first-order valence-electron chi connectivity index (χ1n) is 5.04. The zero-order chi connectivity index (χ0) is 11.4. The van der Waals surface area contributed by atoms with Gasteiger partial charge in [-0.05, 0) is 25.0 Å². The van der Waals surface area contributed by atoms with Crippen LogP contribution in [0.2, 0.25) is 0 Å². The molecule has 0 spiro atoms. The molecule has 3 heteroatoms. The highest BCUT2D eigenvalue weighted by molar-refractivity contribution is 7.80. The second-order valence-corrected chi connectivity index (χ2v) is 4.20. The van der Waals surface area contributed by atoms with E-state index in [1.807, 2.05) is 39.0 Å². The molecule has 1 atom stereocenters. The summed E-state index contributed by atoms with van der Waals surface area (Å²) in [6.07, 6.45) is 0. The molecule has 15 heavy (non-hydrogen) atoms. The van der Waals surface area contributed by atoms with E-state index in [1.165, 1.54) is 0 Å². The molecule has 0 aromatic heterocycles. The number of benzene rings is 1. The van der Waals surface area contributed by atoms with E-state index in [4.69, 9.17) is 0 Å². The monoisotopic (exact) mass is 223 g/mol. The molecule has 0 aliphatic carbocycles. The molecular weight excluding hydrogens is 206 g/mol. The van der Waals surface area contributed by atoms with E-state index in [0.29, 0.717) is 5.75 Å². The molecule has 0 saturated carbocycles. The molecule has 0 radical (unpaired) electrons. The third kappa shape index (κ3) is 2.99. The maximum absolute atomic E-state index is 11.7. The summed E-state index contributed by atoms with van der Waals surface area (Å²) in [5.74, 6) is 0.534. The number of hydrogen-bond acceptors (Lipinski definition) is 2. The van der Waals surface area contributed by atoms with Gasteiger partial charge in [0.25, 0.3) is 0 Å². The van der Waals surface area contributed by atoms with Crippen LogP contribution in [0.4, 0.5) is 5.69 Å². The normalized spacial score (nSPS) is 12.3. The number of carbonyl (C=O) groups is 1. The van der Waals surface area contributed by atoms with E-state index in [1.54, 1.807) is 0 Å². The number of rotatable bonds is 3. The van der Waals surface area contributed by atoms with E-state index in [9.17, 15) is 4.79 Å². The predicted molar refractivity (Wildman–Crippen MR) is 67.6 cm³/mol. The molecule has 0 aliphatic rings. The summed E-state index contributed by atoms with van der Waals surface area (Å²) in [6.45, 7) is 5.86. The molecule has 1 aromatic rings. The molecule has 82 valence electrons. The standard InChI is InChI=1S/C12H17NOS/c1-8-5-4-6-9(2)11(8)13-12(14)10(3)7-15/h4-6,10,15H,7H2,1-3H3,(H,13,14). The summed E-state index contributed by atoms with van der Waals surface area (Å²) in [6, 6.07) is 5.98. The van der Waals surface area contributed by atoms with Crippen LogP contribution >= 0.6 is 12.6 Å². The van der Waals surface area contributed by atoms with Crippen molar-refractivity contribution in [3.63, 3.8) is 0 Å². The van der Waals surface area contributed by atoms with Crippen LogP contribution in [0.5, 0.6) is 0 Å². The van der Waals surface area contributed by atoms with Crippen LogP contribution < -0.4 is 5.32 Å². The Bertz CT molecular complexity index is 342. The van der Waals surface area contributed by atoms with Gasteiger partial charge in [0.15, 0.2) is 0 Å². The van der Waals surface area contributed by atoms with Gasteiger partial charge in [-0.3, -0.25) is 4.79 Å². The minimum absolute atomic E-state index is 0.0300. The number of hydrogen-bond donors (Lipinski definition) is 2. The SMILES string of the molecule is Cc1cccc(C)c1NC(=O)C(C)CS. The molecule has 0 bridgehead atoms. The molecule has 1 N–H and O–H groups in total. The number of anilines is 1. The maximum Gasteiger partial charge on any atom is 0.228 e. The van der Waals surface area contributed by atoms with Gasteiger partial charge in [0, 0.05) is 17.4 Å². The summed E-state index contributed by atoms with van der Waals surface area (Å²) in [5.41, 5.74) is 3.11. The largest absolute Gasteiger partial charge is 0.325 e. The number of carbonyl (C=O) groups excluding carboxylic acids is 1. The number of thiol groups is 1. The Morgan fingerprint density at radius 3 is 2.40 bits per heavy atom. The fraction of sp³-hybridized carbons (Fsp3) is 0.417. The van der Waals surface area contributed by atoms with Crippen LogP contribution in [0.25, 0.3) is 0 Å². The average Bonchev–Trinajstić information content (AvgIpc) is 2.22. The average molecular weight is 223 g/mol. The van der Waals surface area contributed by atoms with Crippen LogP contribution in [0, 0.1) is 19.8 Å². The van der Waals surface area contributed by atoms with Crippen molar-refractivity contribution in [1.82, 2.24) is 0 Å². The van der Waals surface area contributed by atoms with Gasteiger partial charge in [-0.2, -0.15) is 12.6 Å². The molecule has 0 aliphatic heterocycles. The van der Waals surface area contributed by atoms with E-state index in [2.05, 4.69) is 17.9 Å². The highest BCUT2D eigenvalue weighted by Gasteiger charge is 2.12. The third-order valence-corrected chi connectivity index (χ3v) is 3.00. The van der Waals surface area contributed by atoms with Gasteiger partial charge < -0.3 is 5.32 Å². The van der Waals surface area contributed by atoms with Crippen LogP contribution in [0.15, 0.2) is 18.2 Å². The second kappa shape index (κ2) is 5.21. The fourth-order valence-electron chi connectivity index (χ4n) is 1.34. The van der Waals surface area contributed by atoms with Gasteiger partial charge >= 0.3 is 0 Å². The van der Waals surface area contributed by atoms with E-state index < -0.39 is 0 Å². The van der Waals surface area contributed by atoms with Crippen molar-refractivity contribution in [2.45, 2.75) is 20.8 Å². The van der Waals surface area contributed by atoms with Crippen molar-refractivity contribution in [2.75, 3.05) is 11.1 Å². The number of nitrogens with one attached hydrogen (secondary N) is 1. The van der Waals surface area contributed by atoms with Crippen molar-refractivity contribution in [2.24, 2.45) is 5.92 Å². The maximum atomic E-state index is 11.7. The van der Waals surface area contributed by atoms with E-state index >= 15 is 0 Å². The topological polar surface area (TPSA) is 29.1 Å². The van der Waals surface area contributed by atoms with Crippen LogP contribution in [0.1, 0.15) is 18.1 Å². The summed E-state index contributed by atoms with van der Waals surface area (Å²) < 4.78 is 0. The Balaban J connectivity index is 2.85. The molecule has 0 heterocycles. The Labute approximate surface area is 96.5 Å². The van der Waals surface area contributed by atoms with Gasteiger partial charge in [-0.1, -0.05) is 25.1 Å². The van der Waals surface area contributed by atoms with Gasteiger partial charge in [-0.25, -0.2) is 0 Å². The third-order valence-electron chi connectivity index (χ3n) is 2.45. The van der Waals surface area contributed by atoms with E-state index in [-0.39, 0.29) is 11.8 Å². The molecular formula is C12H17NOS. The zero-order valence-corrected chi connectivity index (χ0v) is 10.3. The molecule has 1 amide bonds. The van der Waals surface area contributed by atoms with Crippen LogP contribution in [-0.4, -0.2) is 11.7 Å². The van der Waals surface area contributed by atoms with Gasteiger partial charge in [0.2, 0.25) is 5.91 Å². The van der Waals surface area contributed by atoms with Gasteiger partial charge in [-0.15, -0.1) is 0 Å². The molecule has 0 saturated heterocycles. The number of para-hydroxylation sites is 1. The quantitative estimate of drug-likeness (QED) is 0.758. The van der Waals surface area contributed by atoms with Crippen LogP contribution in [-0.2, 0) is 4.79 Å². The molecule has 2 nitrogen and oxygen atoms in total. The van der Waals surface area contributed by atoms with Crippen molar-refractivity contribution in [3.8, 4) is 0 Å². The first-order valence-corrected chi connectivity index (χ1v) is 5.67. The van der Waals surface area contributed by atoms with Crippen LogP contribution in [0.3, 0.4) is 0 Å². The molecule has 1 rings (SSSR count). The minimum Gasteiger partial charge on any atom is -0.325 e. The highest BCUT2D eigenvalue weighted by Crippen LogP contribution is 2.20. The van der Waals surface area contributed by atoms with Crippen molar-refractivity contribution >= 4 is 24.2 Å². The van der Waals surface area contributed by atoms with Gasteiger partial charge in [0.05, 0.1) is 0 Å². The Hall–Kier alpha value is -0.960. The number of aryl methyl sites for hydroxylation is 2. The Morgan fingerprint density at radius 1 is 1.40 bits per heavy atom. The smallest absolute Gasteiger partial charge is 0.228 e. The van der Waals surface area contributed by atoms with Crippen molar-refractivity contribution in [1.29, 1.82) is 0 Å². The van der Waals surface area contributed by atoms with Crippen molar-refractivity contribution in [3.05, 3.63) is 29.3 Å². The predicted octanol–water partition coefficient (Wildman–Crippen LogP) is 2.81. The van der Waals surface area contributed by atoms with Crippen molar-refractivity contribution < 1.29 is 4.79 Å². The fourth-order valence-corrected chi connectivity index (χ4v) is 1.51. The molecule has 1 aromatic carbocycles.